The first-order valence-corrected chi connectivity index (χ1v) is 9.54. The minimum absolute atomic E-state index is 0. The summed E-state index contributed by atoms with van der Waals surface area (Å²) in [4.78, 5) is 13.1. The van der Waals surface area contributed by atoms with Crippen molar-refractivity contribution in [3.63, 3.8) is 0 Å². The monoisotopic (exact) mass is 403 g/mol. The van der Waals surface area contributed by atoms with Gasteiger partial charge in [0.25, 0.3) is 5.91 Å². The lowest BCUT2D eigenvalue weighted by Gasteiger charge is -2.20. The highest BCUT2D eigenvalue weighted by Gasteiger charge is 2.23. The number of hydrazine groups is 1. The number of carbonyl (C=O) groups is 1. The van der Waals surface area contributed by atoms with E-state index in [-0.39, 0.29) is 18.3 Å². The molecule has 0 unspecified atom stereocenters. The van der Waals surface area contributed by atoms with Gasteiger partial charge in [0.05, 0.1) is 11.1 Å². The van der Waals surface area contributed by atoms with Crippen LogP contribution in [0.3, 0.4) is 0 Å². The smallest absolute Gasteiger partial charge is 0.269 e. The maximum absolute atomic E-state index is 13.1. The zero-order chi connectivity index (χ0) is 17.9. The standard InChI is InChI=1S/C21H22ClN3O.ClH/c22-20-19(21(26)23-24-14-8-1-2-9-15-24)17-12-6-7-13-18(17)25(20)16-10-4-3-5-11-16;/h3-7,10-13H,1-2,8-9,14-15H2,(H,23,26);1H. The summed E-state index contributed by atoms with van der Waals surface area (Å²) in [5.41, 5.74) is 5.49. The number of carbonyl (C=O) groups excluding carboxylic acids is 1. The molecule has 1 aliphatic heterocycles. The number of rotatable bonds is 3. The van der Waals surface area contributed by atoms with Gasteiger partial charge in [-0.2, -0.15) is 0 Å². The molecule has 0 aliphatic carbocycles. The first-order chi connectivity index (χ1) is 12.8. The van der Waals surface area contributed by atoms with E-state index in [4.69, 9.17) is 11.6 Å². The van der Waals surface area contributed by atoms with Gasteiger partial charge < -0.3 is 0 Å². The molecular weight excluding hydrogens is 381 g/mol. The summed E-state index contributed by atoms with van der Waals surface area (Å²) in [7, 11) is 0. The lowest BCUT2D eigenvalue weighted by molar-refractivity contribution is 0.0796. The zero-order valence-corrected chi connectivity index (χ0v) is 16.6. The first kappa shape index (κ1) is 19.7. The van der Waals surface area contributed by atoms with Crippen LogP contribution >= 0.6 is 24.0 Å². The molecule has 3 aromatic rings. The van der Waals surface area contributed by atoms with Crippen molar-refractivity contribution in [2.24, 2.45) is 0 Å². The molecule has 1 amide bonds. The molecule has 6 heteroatoms. The molecule has 142 valence electrons. The second-order valence-corrected chi connectivity index (χ2v) is 7.05. The average Bonchev–Trinajstić information content (AvgIpc) is 2.79. The van der Waals surface area contributed by atoms with Crippen LogP contribution in [0.1, 0.15) is 36.0 Å². The van der Waals surface area contributed by atoms with Crippen molar-refractivity contribution < 1.29 is 4.79 Å². The van der Waals surface area contributed by atoms with E-state index in [9.17, 15) is 4.79 Å². The first-order valence-electron chi connectivity index (χ1n) is 9.16. The van der Waals surface area contributed by atoms with Gasteiger partial charge in [-0.05, 0) is 31.0 Å². The second-order valence-electron chi connectivity index (χ2n) is 6.70. The fourth-order valence-electron chi connectivity index (χ4n) is 3.64. The van der Waals surface area contributed by atoms with Gasteiger partial charge in [-0.25, -0.2) is 5.01 Å². The molecule has 4 rings (SSSR count). The fraction of sp³-hybridized carbons (Fsp3) is 0.286. The second kappa shape index (κ2) is 8.79. The molecule has 1 N–H and O–H groups in total. The normalized spacial score (nSPS) is 15.1. The number of para-hydroxylation sites is 2. The van der Waals surface area contributed by atoms with E-state index in [0.29, 0.717) is 10.7 Å². The number of nitrogens with zero attached hydrogens (tertiary/aromatic N) is 2. The number of hydrogen-bond donors (Lipinski definition) is 1. The quantitative estimate of drug-likeness (QED) is 0.649. The number of halogens is 2. The van der Waals surface area contributed by atoms with E-state index in [0.717, 1.165) is 42.5 Å². The van der Waals surface area contributed by atoms with Crippen LogP contribution in [-0.2, 0) is 0 Å². The summed E-state index contributed by atoms with van der Waals surface area (Å²) < 4.78 is 1.94. The van der Waals surface area contributed by atoms with E-state index in [1.54, 1.807) is 0 Å². The van der Waals surface area contributed by atoms with Crippen LogP contribution in [0.5, 0.6) is 0 Å². The SMILES string of the molecule is Cl.O=C(NN1CCCCCC1)c1c(Cl)n(-c2ccccc2)c2ccccc12. The maximum atomic E-state index is 13.1. The van der Waals surface area contributed by atoms with Crippen molar-refractivity contribution in [1.29, 1.82) is 0 Å². The summed E-state index contributed by atoms with van der Waals surface area (Å²) in [5.74, 6) is -0.136. The molecular formula is C21H23Cl2N3O. The van der Waals surface area contributed by atoms with Crippen LogP contribution in [-0.4, -0.2) is 28.6 Å². The molecule has 2 heterocycles. The Kier molecular flexibility index (Phi) is 6.42. The molecule has 2 aromatic carbocycles. The number of benzene rings is 2. The van der Waals surface area contributed by atoms with Crippen LogP contribution in [0, 0.1) is 0 Å². The van der Waals surface area contributed by atoms with Gasteiger partial charge in [0.2, 0.25) is 0 Å². The van der Waals surface area contributed by atoms with Gasteiger partial charge in [-0.1, -0.05) is 60.8 Å². The van der Waals surface area contributed by atoms with Gasteiger partial charge in [-0.15, -0.1) is 12.4 Å². The molecule has 0 bridgehead atoms. The van der Waals surface area contributed by atoms with Gasteiger partial charge in [0.15, 0.2) is 0 Å². The highest BCUT2D eigenvalue weighted by molar-refractivity contribution is 6.35. The number of hydrogen-bond acceptors (Lipinski definition) is 2. The largest absolute Gasteiger partial charge is 0.299 e. The predicted octanol–water partition coefficient (Wildman–Crippen LogP) is 5.23. The highest BCUT2D eigenvalue weighted by atomic mass is 35.5. The van der Waals surface area contributed by atoms with Crippen LogP contribution in [0.2, 0.25) is 5.15 Å². The van der Waals surface area contributed by atoms with E-state index >= 15 is 0 Å². The average molecular weight is 404 g/mol. The fourth-order valence-corrected chi connectivity index (χ4v) is 4.01. The van der Waals surface area contributed by atoms with Crippen molar-refractivity contribution in [3.8, 4) is 5.69 Å². The van der Waals surface area contributed by atoms with Crippen molar-refractivity contribution in [2.75, 3.05) is 13.1 Å². The molecule has 0 saturated carbocycles. The highest BCUT2D eigenvalue weighted by Crippen LogP contribution is 2.33. The summed E-state index contributed by atoms with van der Waals surface area (Å²) in [6.45, 7) is 1.78. The topological polar surface area (TPSA) is 37.3 Å². The Labute approximate surface area is 170 Å². The third kappa shape index (κ3) is 3.98. The molecule has 0 atom stereocenters. The van der Waals surface area contributed by atoms with Gasteiger partial charge >= 0.3 is 0 Å². The Balaban J connectivity index is 0.00000210. The maximum Gasteiger partial charge on any atom is 0.269 e. The summed E-state index contributed by atoms with van der Waals surface area (Å²) in [5, 5.41) is 3.35. The Bertz CT molecular complexity index is 916. The molecule has 1 aliphatic rings. The van der Waals surface area contributed by atoms with Crippen LogP contribution in [0.15, 0.2) is 54.6 Å². The molecule has 1 fully saturated rings. The van der Waals surface area contributed by atoms with Crippen LogP contribution in [0.25, 0.3) is 16.6 Å². The lowest BCUT2D eigenvalue weighted by Crippen LogP contribution is -2.42. The Hall–Kier alpha value is -2.01. The molecule has 4 nitrogen and oxygen atoms in total. The minimum Gasteiger partial charge on any atom is -0.299 e. The summed E-state index contributed by atoms with van der Waals surface area (Å²) in [6.07, 6.45) is 4.67. The molecule has 0 radical (unpaired) electrons. The molecule has 1 saturated heterocycles. The summed E-state index contributed by atoms with van der Waals surface area (Å²) >= 11 is 6.72. The Morgan fingerprint density at radius 2 is 1.52 bits per heavy atom. The summed E-state index contributed by atoms with van der Waals surface area (Å²) in [6, 6.07) is 17.8. The van der Waals surface area contributed by atoms with Crippen molar-refractivity contribution >= 4 is 40.8 Å². The lowest BCUT2D eigenvalue weighted by atomic mass is 10.1. The van der Waals surface area contributed by atoms with Gasteiger partial charge in [0.1, 0.15) is 5.15 Å². The van der Waals surface area contributed by atoms with Crippen molar-refractivity contribution in [2.45, 2.75) is 25.7 Å². The number of fused-ring (bicyclic) bond motifs is 1. The number of amides is 1. The molecule has 0 spiro atoms. The number of nitrogens with one attached hydrogen (secondary N) is 1. The van der Waals surface area contributed by atoms with Gasteiger partial charge in [-0.3, -0.25) is 14.8 Å². The van der Waals surface area contributed by atoms with Crippen LogP contribution in [0.4, 0.5) is 0 Å². The van der Waals surface area contributed by atoms with E-state index in [1.165, 1.54) is 12.8 Å². The van der Waals surface area contributed by atoms with Crippen LogP contribution < -0.4 is 5.43 Å². The Morgan fingerprint density at radius 3 is 2.22 bits per heavy atom. The predicted molar refractivity (Wildman–Crippen MR) is 113 cm³/mol. The minimum atomic E-state index is -0.136. The van der Waals surface area contributed by atoms with E-state index in [1.807, 2.05) is 64.2 Å². The zero-order valence-electron chi connectivity index (χ0n) is 15.0. The van der Waals surface area contributed by atoms with Crippen molar-refractivity contribution in [3.05, 3.63) is 65.3 Å². The van der Waals surface area contributed by atoms with E-state index in [2.05, 4.69) is 5.43 Å². The number of aromatic nitrogens is 1. The third-order valence-corrected chi connectivity index (χ3v) is 5.28. The molecule has 27 heavy (non-hydrogen) atoms. The van der Waals surface area contributed by atoms with E-state index < -0.39 is 0 Å². The third-order valence-electron chi connectivity index (χ3n) is 4.92. The van der Waals surface area contributed by atoms with Crippen molar-refractivity contribution in [1.82, 2.24) is 15.0 Å². The molecule has 1 aromatic heterocycles. The van der Waals surface area contributed by atoms with Gasteiger partial charge in [0, 0.05) is 24.2 Å². The Morgan fingerprint density at radius 1 is 0.889 bits per heavy atom.